The molecule has 0 atom stereocenters. The van der Waals surface area contributed by atoms with Crippen LogP contribution in [0.25, 0.3) is 11.1 Å². The summed E-state index contributed by atoms with van der Waals surface area (Å²) in [5.74, 6) is 0.0505. The van der Waals surface area contributed by atoms with Crippen molar-refractivity contribution in [1.29, 1.82) is 0 Å². The Bertz CT molecular complexity index is 895. The van der Waals surface area contributed by atoms with Crippen molar-refractivity contribution in [2.45, 2.75) is 19.8 Å². The van der Waals surface area contributed by atoms with Crippen LogP contribution in [-0.2, 0) is 0 Å². The van der Waals surface area contributed by atoms with Gasteiger partial charge in [-0.25, -0.2) is 14.4 Å². The summed E-state index contributed by atoms with van der Waals surface area (Å²) in [5, 5.41) is 5.97. The van der Waals surface area contributed by atoms with Crippen molar-refractivity contribution in [2.24, 2.45) is 0 Å². The summed E-state index contributed by atoms with van der Waals surface area (Å²) in [4.78, 5) is 20.5. The number of anilines is 2. The molecule has 5 nitrogen and oxygen atoms in total. The van der Waals surface area contributed by atoms with Crippen molar-refractivity contribution >= 4 is 17.5 Å². The molecule has 1 amide bonds. The van der Waals surface area contributed by atoms with Crippen molar-refractivity contribution < 1.29 is 9.18 Å². The van der Waals surface area contributed by atoms with Gasteiger partial charge in [-0.05, 0) is 48.4 Å². The van der Waals surface area contributed by atoms with E-state index in [1.54, 1.807) is 48.8 Å². The van der Waals surface area contributed by atoms with Gasteiger partial charge in [-0.15, -0.1) is 0 Å². The minimum Gasteiger partial charge on any atom is -0.352 e. The number of rotatable bonds is 7. The van der Waals surface area contributed by atoms with Crippen molar-refractivity contribution in [2.75, 3.05) is 11.9 Å². The minimum absolute atomic E-state index is 0.0781. The summed E-state index contributed by atoms with van der Waals surface area (Å²) in [6.45, 7) is 2.76. The van der Waals surface area contributed by atoms with E-state index in [0.717, 1.165) is 29.7 Å². The molecule has 27 heavy (non-hydrogen) atoms. The average Bonchev–Trinajstić information content (AvgIpc) is 2.69. The first-order chi connectivity index (χ1) is 13.2. The van der Waals surface area contributed by atoms with E-state index in [1.807, 2.05) is 0 Å². The molecule has 138 valence electrons. The molecule has 1 heterocycles. The summed E-state index contributed by atoms with van der Waals surface area (Å²) >= 11 is 0. The fraction of sp³-hybridized carbons (Fsp3) is 0.190. The Morgan fingerprint density at radius 2 is 1.78 bits per heavy atom. The SMILES string of the molecule is CCCCNC(=O)c1ccc(Nc2ncc(-c3cccc(F)c3)cn2)cc1. The maximum atomic E-state index is 13.3. The molecule has 0 aliphatic rings. The van der Waals surface area contributed by atoms with Gasteiger partial charge in [0.2, 0.25) is 5.95 Å². The molecule has 3 rings (SSSR count). The Morgan fingerprint density at radius 3 is 2.44 bits per heavy atom. The Labute approximate surface area is 157 Å². The van der Waals surface area contributed by atoms with E-state index in [9.17, 15) is 9.18 Å². The third kappa shape index (κ3) is 5.10. The first kappa shape index (κ1) is 18.5. The molecule has 0 bridgehead atoms. The number of hydrogen-bond donors (Lipinski definition) is 2. The number of aromatic nitrogens is 2. The van der Waals surface area contributed by atoms with E-state index in [1.165, 1.54) is 12.1 Å². The average molecular weight is 364 g/mol. The lowest BCUT2D eigenvalue weighted by molar-refractivity contribution is 0.0953. The highest BCUT2D eigenvalue weighted by molar-refractivity contribution is 5.94. The Morgan fingerprint density at radius 1 is 1.04 bits per heavy atom. The van der Waals surface area contributed by atoms with Gasteiger partial charge in [0.05, 0.1) is 0 Å². The largest absolute Gasteiger partial charge is 0.352 e. The van der Waals surface area contributed by atoms with E-state index in [4.69, 9.17) is 0 Å². The number of unbranched alkanes of at least 4 members (excludes halogenated alkanes) is 1. The number of halogens is 1. The van der Waals surface area contributed by atoms with Gasteiger partial charge in [0.15, 0.2) is 0 Å². The van der Waals surface area contributed by atoms with Crippen LogP contribution in [-0.4, -0.2) is 22.4 Å². The zero-order valence-corrected chi connectivity index (χ0v) is 15.1. The summed E-state index contributed by atoms with van der Waals surface area (Å²) in [6, 6.07) is 13.4. The molecule has 0 aliphatic carbocycles. The predicted octanol–water partition coefficient (Wildman–Crippen LogP) is 4.56. The number of amides is 1. The van der Waals surface area contributed by atoms with E-state index >= 15 is 0 Å². The molecule has 0 spiro atoms. The second-order valence-corrected chi connectivity index (χ2v) is 6.12. The van der Waals surface area contributed by atoms with E-state index in [2.05, 4.69) is 27.5 Å². The van der Waals surface area contributed by atoms with Gasteiger partial charge in [0.1, 0.15) is 5.82 Å². The summed E-state index contributed by atoms with van der Waals surface area (Å²) in [6.07, 6.45) is 5.29. The number of benzene rings is 2. The van der Waals surface area contributed by atoms with Crippen LogP contribution in [0.3, 0.4) is 0 Å². The topological polar surface area (TPSA) is 66.9 Å². The molecule has 0 unspecified atom stereocenters. The number of carbonyl (C=O) groups is 1. The van der Waals surface area contributed by atoms with E-state index in [-0.39, 0.29) is 11.7 Å². The fourth-order valence-corrected chi connectivity index (χ4v) is 2.52. The molecule has 2 aromatic carbocycles. The monoisotopic (exact) mass is 364 g/mol. The van der Waals surface area contributed by atoms with E-state index < -0.39 is 0 Å². The quantitative estimate of drug-likeness (QED) is 0.603. The van der Waals surface area contributed by atoms with Gasteiger partial charge in [-0.2, -0.15) is 0 Å². The maximum absolute atomic E-state index is 13.3. The van der Waals surface area contributed by atoms with Crippen LogP contribution in [0.2, 0.25) is 0 Å². The molecule has 0 fully saturated rings. The molecule has 0 radical (unpaired) electrons. The molecular weight excluding hydrogens is 343 g/mol. The third-order valence-electron chi connectivity index (χ3n) is 4.03. The predicted molar refractivity (Wildman–Crippen MR) is 104 cm³/mol. The second-order valence-electron chi connectivity index (χ2n) is 6.12. The number of carbonyl (C=O) groups excluding carboxylic acids is 1. The zero-order chi connectivity index (χ0) is 19.1. The molecule has 6 heteroatoms. The van der Waals surface area contributed by atoms with Crippen LogP contribution >= 0.6 is 0 Å². The lowest BCUT2D eigenvalue weighted by Crippen LogP contribution is -2.24. The Kier molecular flexibility index (Phi) is 6.10. The van der Waals surface area contributed by atoms with Gasteiger partial charge in [-0.3, -0.25) is 4.79 Å². The van der Waals surface area contributed by atoms with Crippen molar-refractivity contribution in [3.63, 3.8) is 0 Å². The lowest BCUT2D eigenvalue weighted by atomic mass is 10.1. The molecule has 2 N–H and O–H groups in total. The van der Waals surface area contributed by atoms with Crippen LogP contribution in [0.5, 0.6) is 0 Å². The van der Waals surface area contributed by atoms with Crippen molar-refractivity contribution in [1.82, 2.24) is 15.3 Å². The maximum Gasteiger partial charge on any atom is 0.251 e. The fourth-order valence-electron chi connectivity index (χ4n) is 2.52. The van der Waals surface area contributed by atoms with Gasteiger partial charge < -0.3 is 10.6 Å². The second kappa shape index (κ2) is 8.89. The van der Waals surface area contributed by atoms with Gasteiger partial charge >= 0.3 is 0 Å². The van der Waals surface area contributed by atoms with Crippen LogP contribution in [0.15, 0.2) is 60.9 Å². The molecule has 3 aromatic rings. The summed E-state index contributed by atoms with van der Waals surface area (Å²) < 4.78 is 13.3. The van der Waals surface area contributed by atoms with Crippen LogP contribution in [0.1, 0.15) is 30.1 Å². The molecule has 0 saturated carbocycles. The molecule has 0 saturated heterocycles. The first-order valence-electron chi connectivity index (χ1n) is 8.89. The van der Waals surface area contributed by atoms with Crippen LogP contribution in [0.4, 0.5) is 16.0 Å². The van der Waals surface area contributed by atoms with Gasteiger partial charge in [-0.1, -0.05) is 25.5 Å². The highest BCUT2D eigenvalue weighted by Gasteiger charge is 2.06. The van der Waals surface area contributed by atoms with E-state index in [0.29, 0.717) is 18.1 Å². The summed E-state index contributed by atoms with van der Waals surface area (Å²) in [7, 11) is 0. The third-order valence-corrected chi connectivity index (χ3v) is 4.03. The highest BCUT2D eigenvalue weighted by Crippen LogP contribution is 2.20. The normalized spacial score (nSPS) is 10.4. The van der Waals surface area contributed by atoms with Crippen LogP contribution < -0.4 is 10.6 Å². The number of nitrogens with zero attached hydrogens (tertiary/aromatic N) is 2. The smallest absolute Gasteiger partial charge is 0.251 e. The number of nitrogens with one attached hydrogen (secondary N) is 2. The number of hydrogen-bond acceptors (Lipinski definition) is 4. The van der Waals surface area contributed by atoms with Crippen LogP contribution in [0, 0.1) is 5.82 Å². The standard InChI is InChI=1S/C21H21FN4O/c1-2-3-11-23-20(27)15-7-9-19(10-8-15)26-21-24-13-17(14-25-21)16-5-4-6-18(22)12-16/h4-10,12-14H,2-3,11H2,1H3,(H,23,27)(H,24,25,26). The lowest BCUT2D eigenvalue weighted by Gasteiger charge is -2.08. The highest BCUT2D eigenvalue weighted by atomic mass is 19.1. The van der Waals surface area contributed by atoms with Gasteiger partial charge in [0, 0.05) is 35.8 Å². The Hall–Kier alpha value is -3.28. The summed E-state index contributed by atoms with van der Waals surface area (Å²) in [5.41, 5.74) is 2.84. The minimum atomic E-state index is -0.298. The molecule has 1 aromatic heterocycles. The van der Waals surface area contributed by atoms with Crippen molar-refractivity contribution in [3.8, 4) is 11.1 Å². The first-order valence-corrected chi connectivity index (χ1v) is 8.89. The van der Waals surface area contributed by atoms with Gasteiger partial charge in [0.25, 0.3) is 5.91 Å². The zero-order valence-electron chi connectivity index (χ0n) is 15.1. The molecular formula is C21H21FN4O. The Balaban J connectivity index is 1.63. The van der Waals surface area contributed by atoms with Crippen molar-refractivity contribution in [3.05, 3.63) is 72.3 Å². The molecule has 0 aliphatic heterocycles.